The van der Waals surface area contributed by atoms with Crippen molar-refractivity contribution in [2.24, 2.45) is 4.99 Å². The second-order valence-corrected chi connectivity index (χ2v) is 5.87. The standard InChI is InChI=1S/C11H20N4S2.HI/c1-9-7-14-10(17-9)8-15-11(12-2)13-5-4-6-16-3;/h7H,4-6,8H2,1-3H3,(H2,12,13,15);1H. The summed E-state index contributed by atoms with van der Waals surface area (Å²) in [5.74, 6) is 2.02. The number of nitrogens with zero attached hydrogens (tertiary/aromatic N) is 2. The van der Waals surface area contributed by atoms with Crippen molar-refractivity contribution in [1.29, 1.82) is 0 Å². The molecule has 1 aromatic rings. The van der Waals surface area contributed by atoms with Gasteiger partial charge in [-0.2, -0.15) is 11.8 Å². The minimum atomic E-state index is 0. The third kappa shape index (κ3) is 7.42. The maximum Gasteiger partial charge on any atom is 0.191 e. The number of thioether (sulfide) groups is 1. The molecule has 0 saturated carbocycles. The second-order valence-electron chi connectivity index (χ2n) is 3.56. The van der Waals surface area contributed by atoms with Crippen molar-refractivity contribution in [2.75, 3.05) is 25.6 Å². The maximum absolute atomic E-state index is 4.30. The lowest BCUT2D eigenvalue weighted by atomic mass is 10.5. The van der Waals surface area contributed by atoms with E-state index in [-0.39, 0.29) is 24.0 Å². The highest BCUT2D eigenvalue weighted by Crippen LogP contribution is 2.10. The van der Waals surface area contributed by atoms with Gasteiger partial charge in [0.25, 0.3) is 0 Å². The summed E-state index contributed by atoms with van der Waals surface area (Å²) in [5, 5.41) is 7.63. The van der Waals surface area contributed by atoms with Gasteiger partial charge in [0.15, 0.2) is 5.96 Å². The molecule has 0 unspecified atom stereocenters. The molecule has 104 valence electrons. The number of nitrogens with one attached hydrogen (secondary N) is 2. The minimum Gasteiger partial charge on any atom is -0.356 e. The molecule has 0 aliphatic carbocycles. The third-order valence-electron chi connectivity index (χ3n) is 2.12. The predicted octanol–water partition coefficient (Wildman–Crippen LogP) is 2.49. The molecule has 4 nitrogen and oxygen atoms in total. The Morgan fingerprint density at radius 1 is 1.50 bits per heavy atom. The van der Waals surface area contributed by atoms with Crippen molar-refractivity contribution in [1.82, 2.24) is 15.6 Å². The van der Waals surface area contributed by atoms with Crippen molar-refractivity contribution < 1.29 is 0 Å². The van der Waals surface area contributed by atoms with E-state index < -0.39 is 0 Å². The Hall–Kier alpha value is -0.0200. The largest absolute Gasteiger partial charge is 0.356 e. The Bertz CT molecular complexity index is 355. The molecule has 0 saturated heterocycles. The first-order chi connectivity index (χ1) is 8.26. The van der Waals surface area contributed by atoms with Gasteiger partial charge in [0.2, 0.25) is 0 Å². The van der Waals surface area contributed by atoms with E-state index in [4.69, 9.17) is 0 Å². The van der Waals surface area contributed by atoms with E-state index in [0.29, 0.717) is 0 Å². The molecule has 0 aliphatic heterocycles. The van der Waals surface area contributed by atoms with Crippen LogP contribution in [0.2, 0.25) is 0 Å². The molecule has 0 radical (unpaired) electrons. The lowest BCUT2D eigenvalue weighted by Gasteiger charge is -2.10. The van der Waals surface area contributed by atoms with Crippen LogP contribution in [0.25, 0.3) is 0 Å². The third-order valence-corrected chi connectivity index (χ3v) is 3.73. The molecule has 18 heavy (non-hydrogen) atoms. The zero-order valence-corrected chi connectivity index (χ0v) is 15.0. The fraction of sp³-hybridized carbons (Fsp3) is 0.636. The summed E-state index contributed by atoms with van der Waals surface area (Å²) in [4.78, 5) is 9.71. The quantitative estimate of drug-likeness (QED) is 0.334. The molecule has 0 atom stereocenters. The van der Waals surface area contributed by atoms with Gasteiger partial charge < -0.3 is 10.6 Å². The Labute approximate surface area is 134 Å². The Kier molecular flexibility index (Phi) is 10.8. The molecule has 2 N–H and O–H groups in total. The number of thiazole rings is 1. The summed E-state index contributed by atoms with van der Waals surface area (Å²) in [5.41, 5.74) is 0. The van der Waals surface area contributed by atoms with E-state index >= 15 is 0 Å². The van der Waals surface area contributed by atoms with Gasteiger partial charge in [0, 0.05) is 24.7 Å². The van der Waals surface area contributed by atoms with Gasteiger partial charge in [0.1, 0.15) is 5.01 Å². The highest BCUT2D eigenvalue weighted by atomic mass is 127. The van der Waals surface area contributed by atoms with Crippen molar-refractivity contribution in [3.63, 3.8) is 0 Å². The summed E-state index contributed by atoms with van der Waals surface area (Å²) >= 11 is 3.58. The smallest absolute Gasteiger partial charge is 0.191 e. The van der Waals surface area contributed by atoms with Crippen LogP contribution in [0.4, 0.5) is 0 Å². The number of rotatable bonds is 6. The summed E-state index contributed by atoms with van der Waals surface area (Å²) in [6.45, 7) is 3.76. The van der Waals surface area contributed by atoms with Crippen molar-refractivity contribution in [3.8, 4) is 0 Å². The highest BCUT2D eigenvalue weighted by Gasteiger charge is 2.00. The molecule has 1 aromatic heterocycles. The first kappa shape index (κ1) is 18.0. The summed E-state index contributed by atoms with van der Waals surface area (Å²) < 4.78 is 0. The first-order valence-electron chi connectivity index (χ1n) is 5.61. The Morgan fingerprint density at radius 3 is 2.83 bits per heavy atom. The van der Waals surface area contributed by atoms with Gasteiger partial charge in [0.05, 0.1) is 6.54 Å². The van der Waals surface area contributed by atoms with E-state index in [1.165, 1.54) is 10.6 Å². The van der Waals surface area contributed by atoms with E-state index in [1.807, 2.05) is 18.0 Å². The lowest BCUT2D eigenvalue weighted by Crippen LogP contribution is -2.37. The number of aliphatic imine (C=N–C) groups is 1. The summed E-state index contributed by atoms with van der Waals surface area (Å²) in [7, 11) is 1.79. The minimum absolute atomic E-state index is 0. The molecule has 0 amide bonds. The number of aryl methyl sites for hydroxylation is 1. The number of guanidine groups is 1. The number of halogens is 1. The van der Waals surface area contributed by atoms with Gasteiger partial charge in [-0.15, -0.1) is 35.3 Å². The molecule has 0 aliphatic rings. The first-order valence-corrected chi connectivity index (χ1v) is 7.82. The normalized spacial score (nSPS) is 10.9. The van der Waals surface area contributed by atoms with Crippen LogP contribution in [0.1, 0.15) is 16.3 Å². The van der Waals surface area contributed by atoms with Gasteiger partial charge in [-0.1, -0.05) is 0 Å². The molecule has 0 spiro atoms. The zero-order valence-electron chi connectivity index (χ0n) is 11.0. The highest BCUT2D eigenvalue weighted by molar-refractivity contribution is 14.0. The van der Waals surface area contributed by atoms with Gasteiger partial charge in [-0.3, -0.25) is 4.99 Å². The summed E-state index contributed by atoms with van der Waals surface area (Å²) in [6, 6.07) is 0. The van der Waals surface area contributed by atoms with Crippen molar-refractivity contribution in [2.45, 2.75) is 19.9 Å². The number of hydrogen-bond acceptors (Lipinski definition) is 4. The molecule has 0 bridgehead atoms. The van der Waals surface area contributed by atoms with Crippen LogP contribution in [-0.2, 0) is 6.54 Å². The van der Waals surface area contributed by atoms with Crippen LogP contribution in [0.5, 0.6) is 0 Å². The van der Waals surface area contributed by atoms with Gasteiger partial charge in [-0.05, 0) is 25.4 Å². The van der Waals surface area contributed by atoms with Crippen LogP contribution in [0.15, 0.2) is 11.2 Å². The van der Waals surface area contributed by atoms with Crippen LogP contribution in [-0.4, -0.2) is 36.5 Å². The number of aromatic nitrogens is 1. The maximum atomic E-state index is 4.30. The average Bonchev–Trinajstić information content (AvgIpc) is 2.74. The van der Waals surface area contributed by atoms with Crippen LogP contribution in [0.3, 0.4) is 0 Å². The fourth-order valence-corrected chi connectivity index (χ4v) is 2.45. The second kappa shape index (κ2) is 10.9. The lowest BCUT2D eigenvalue weighted by molar-refractivity contribution is 0.783. The average molecular weight is 400 g/mol. The molecule has 1 rings (SSSR count). The summed E-state index contributed by atoms with van der Waals surface area (Å²) in [6.07, 6.45) is 5.17. The fourth-order valence-electron chi connectivity index (χ4n) is 1.29. The van der Waals surface area contributed by atoms with Gasteiger partial charge >= 0.3 is 0 Å². The number of hydrogen-bond donors (Lipinski definition) is 2. The molecular weight excluding hydrogens is 379 g/mol. The van der Waals surface area contributed by atoms with Crippen LogP contribution >= 0.6 is 47.1 Å². The molecular formula is C11H21IN4S2. The van der Waals surface area contributed by atoms with E-state index in [0.717, 1.165) is 30.5 Å². The van der Waals surface area contributed by atoms with Gasteiger partial charge in [-0.25, -0.2) is 4.98 Å². The molecule has 1 heterocycles. The van der Waals surface area contributed by atoms with Crippen LogP contribution in [0, 0.1) is 6.92 Å². The topological polar surface area (TPSA) is 49.3 Å². The Balaban J connectivity index is 0.00000289. The molecule has 0 aromatic carbocycles. The zero-order chi connectivity index (χ0) is 12.5. The van der Waals surface area contributed by atoms with Crippen LogP contribution < -0.4 is 10.6 Å². The Morgan fingerprint density at radius 2 is 2.28 bits per heavy atom. The molecule has 0 fully saturated rings. The van der Waals surface area contributed by atoms with Crippen molar-refractivity contribution in [3.05, 3.63) is 16.1 Å². The van der Waals surface area contributed by atoms with Crippen molar-refractivity contribution >= 4 is 53.0 Å². The SMILES string of the molecule is CN=C(NCCCSC)NCc1ncc(C)s1.I. The molecule has 7 heteroatoms. The van der Waals surface area contributed by atoms with E-state index in [2.05, 4.69) is 33.8 Å². The van der Waals surface area contributed by atoms with E-state index in [1.54, 1.807) is 18.4 Å². The van der Waals surface area contributed by atoms with E-state index in [9.17, 15) is 0 Å². The predicted molar refractivity (Wildman–Crippen MR) is 93.5 cm³/mol. The monoisotopic (exact) mass is 400 g/mol.